The summed E-state index contributed by atoms with van der Waals surface area (Å²) in [5, 5.41) is 0. The molecule has 0 aliphatic carbocycles. The minimum atomic E-state index is -0.291. The molecule has 4 rings (SSSR count). The fourth-order valence-electron chi connectivity index (χ4n) is 3.80. The molecule has 0 bridgehead atoms. The van der Waals surface area contributed by atoms with Crippen molar-refractivity contribution in [2.75, 3.05) is 18.0 Å². The van der Waals surface area contributed by atoms with Crippen molar-refractivity contribution in [3.8, 4) is 0 Å². The Morgan fingerprint density at radius 3 is 2.68 bits per heavy atom. The number of aryl methyl sites for hydroxylation is 1. The van der Waals surface area contributed by atoms with E-state index in [2.05, 4.69) is 11.1 Å². The van der Waals surface area contributed by atoms with Crippen molar-refractivity contribution in [3.63, 3.8) is 0 Å². The van der Waals surface area contributed by atoms with Crippen molar-refractivity contribution in [1.29, 1.82) is 0 Å². The number of anilines is 2. The zero-order valence-electron chi connectivity index (χ0n) is 14.4. The topological polar surface area (TPSA) is 58.4 Å². The fourth-order valence-corrected chi connectivity index (χ4v) is 3.80. The summed E-state index contributed by atoms with van der Waals surface area (Å²) in [7, 11) is 1.71. The van der Waals surface area contributed by atoms with Gasteiger partial charge < -0.3 is 14.4 Å². The van der Waals surface area contributed by atoms with Crippen LogP contribution in [0.4, 0.5) is 11.5 Å². The molecular formula is C19H22N4O2. The summed E-state index contributed by atoms with van der Waals surface area (Å²) < 4.78 is 1.51. The van der Waals surface area contributed by atoms with E-state index in [1.54, 1.807) is 13.2 Å². The minimum absolute atomic E-state index is 0.157. The smallest absolute Gasteiger partial charge is 0.268 e. The lowest BCUT2D eigenvalue weighted by atomic mass is 10.1. The second kappa shape index (κ2) is 6.35. The molecule has 6 nitrogen and oxygen atoms in total. The van der Waals surface area contributed by atoms with Gasteiger partial charge in [-0.05, 0) is 30.9 Å². The van der Waals surface area contributed by atoms with Crippen LogP contribution in [0, 0.1) is 0 Å². The quantitative estimate of drug-likeness (QED) is 0.839. The molecule has 3 heterocycles. The van der Waals surface area contributed by atoms with E-state index in [0.717, 1.165) is 37.2 Å². The van der Waals surface area contributed by atoms with Crippen LogP contribution in [-0.4, -0.2) is 39.5 Å². The number of benzene rings is 1. The van der Waals surface area contributed by atoms with Gasteiger partial charge in [0.2, 0.25) is 5.91 Å². The molecule has 0 N–H and O–H groups in total. The molecule has 6 heteroatoms. The third kappa shape index (κ3) is 2.81. The Kier molecular flexibility index (Phi) is 4.03. The molecule has 1 unspecified atom stereocenters. The maximum atomic E-state index is 13.2. The number of likely N-dealkylation sites (tertiary alicyclic amines) is 1. The first-order valence-corrected chi connectivity index (χ1v) is 8.84. The number of amides is 1. The lowest BCUT2D eigenvalue weighted by molar-refractivity contribution is -0.133. The molecule has 1 aromatic heterocycles. The Labute approximate surface area is 146 Å². The molecule has 2 aliphatic rings. The number of piperidine rings is 1. The molecule has 1 amide bonds. The van der Waals surface area contributed by atoms with Crippen LogP contribution in [0.5, 0.6) is 0 Å². The van der Waals surface area contributed by atoms with Crippen molar-refractivity contribution in [2.24, 2.45) is 7.05 Å². The van der Waals surface area contributed by atoms with Crippen molar-refractivity contribution in [1.82, 2.24) is 14.5 Å². The number of hydrogen-bond donors (Lipinski definition) is 0. The average Bonchev–Trinajstić information content (AvgIpc) is 3.03. The van der Waals surface area contributed by atoms with E-state index in [1.165, 1.54) is 17.2 Å². The van der Waals surface area contributed by atoms with Crippen LogP contribution in [-0.2, 0) is 18.3 Å². The van der Waals surface area contributed by atoms with Crippen LogP contribution in [0.25, 0.3) is 0 Å². The molecule has 2 aliphatic heterocycles. The number of fused-ring (bicyclic) bond motifs is 1. The van der Waals surface area contributed by atoms with Gasteiger partial charge in [0.25, 0.3) is 5.56 Å². The van der Waals surface area contributed by atoms with E-state index in [1.807, 2.05) is 28.0 Å². The van der Waals surface area contributed by atoms with Gasteiger partial charge in [-0.1, -0.05) is 18.2 Å². The SMILES string of the molecule is Cn1cc(N2c3ccccc3CC2C(=O)N2CCCCC2)ncc1=O. The summed E-state index contributed by atoms with van der Waals surface area (Å²) in [5.41, 5.74) is 1.99. The van der Waals surface area contributed by atoms with E-state index in [0.29, 0.717) is 12.2 Å². The summed E-state index contributed by atoms with van der Waals surface area (Å²) in [6.45, 7) is 1.67. The lowest BCUT2D eigenvalue weighted by Gasteiger charge is -2.33. The third-order valence-electron chi connectivity index (χ3n) is 5.14. The first kappa shape index (κ1) is 15.9. The molecule has 0 radical (unpaired) electrons. The summed E-state index contributed by atoms with van der Waals surface area (Å²) in [5.74, 6) is 0.800. The van der Waals surface area contributed by atoms with E-state index in [-0.39, 0.29) is 17.5 Å². The largest absolute Gasteiger partial charge is 0.341 e. The van der Waals surface area contributed by atoms with Crippen LogP contribution >= 0.6 is 0 Å². The van der Waals surface area contributed by atoms with Gasteiger partial charge in [0.1, 0.15) is 11.9 Å². The van der Waals surface area contributed by atoms with E-state index in [9.17, 15) is 9.59 Å². The van der Waals surface area contributed by atoms with Crippen molar-refractivity contribution >= 4 is 17.4 Å². The van der Waals surface area contributed by atoms with Crippen LogP contribution in [0.3, 0.4) is 0 Å². The zero-order chi connectivity index (χ0) is 17.4. The van der Waals surface area contributed by atoms with Gasteiger partial charge in [-0.2, -0.15) is 0 Å². The van der Waals surface area contributed by atoms with Gasteiger partial charge in [0.15, 0.2) is 0 Å². The Morgan fingerprint density at radius 2 is 1.92 bits per heavy atom. The molecule has 1 saturated heterocycles. The predicted octanol–water partition coefficient (Wildman–Crippen LogP) is 1.86. The minimum Gasteiger partial charge on any atom is -0.341 e. The average molecular weight is 338 g/mol. The van der Waals surface area contributed by atoms with E-state index < -0.39 is 0 Å². The number of carbonyl (C=O) groups is 1. The first-order chi connectivity index (χ1) is 12.1. The standard InChI is InChI=1S/C19H22N4O2/c1-21-13-17(20-12-18(21)24)23-15-8-4-3-7-14(15)11-16(23)19(25)22-9-5-2-6-10-22/h3-4,7-8,12-13,16H,2,5-6,9-11H2,1H3. The van der Waals surface area contributed by atoms with Crippen molar-refractivity contribution in [3.05, 3.63) is 52.6 Å². The molecular weight excluding hydrogens is 316 g/mol. The van der Waals surface area contributed by atoms with Gasteiger partial charge in [-0.25, -0.2) is 4.98 Å². The molecule has 0 saturated carbocycles. The first-order valence-electron chi connectivity index (χ1n) is 8.84. The number of carbonyl (C=O) groups excluding carboxylic acids is 1. The monoisotopic (exact) mass is 338 g/mol. The normalized spacial score (nSPS) is 19.8. The number of aromatic nitrogens is 2. The van der Waals surface area contributed by atoms with Crippen LogP contribution in [0.1, 0.15) is 24.8 Å². The third-order valence-corrected chi connectivity index (χ3v) is 5.14. The summed E-state index contributed by atoms with van der Waals surface area (Å²) in [4.78, 5) is 33.2. The van der Waals surface area contributed by atoms with Crippen LogP contribution in [0.2, 0.25) is 0 Å². The zero-order valence-corrected chi connectivity index (χ0v) is 14.4. The van der Waals surface area contributed by atoms with Crippen molar-refractivity contribution in [2.45, 2.75) is 31.7 Å². The Hall–Kier alpha value is -2.63. The Balaban J connectivity index is 1.74. The maximum Gasteiger partial charge on any atom is 0.268 e. The molecule has 2 aromatic rings. The number of para-hydroxylation sites is 1. The Bertz CT molecular complexity index is 854. The molecule has 0 spiro atoms. The Morgan fingerprint density at radius 1 is 1.16 bits per heavy atom. The molecule has 1 atom stereocenters. The summed E-state index contributed by atoms with van der Waals surface area (Å²) in [6, 6.07) is 7.76. The number of nitrogens with zero attached hydrogens (tertiary/aromatic N) is 4. The van der Waals surface area contributed by atoms with Gasteiger partial charge in [0.05, 0.1) is 6.20 Å². The summed E-state index contributed by atoms with van der Waals surface area (Å²) in [6.07, 6.45) is 7.05. The molecule has 130 valence electrons. The summed E-state index contributed by atoms with van der Waals surface area (Å²) >= 11 is 0. The second-order valence-corrected chi connectivity index (χ2v) is 6.80. The molecule has 25 heavy (non-hydrogen) atoms. The van der Waals surface area contributed by atoms with E-state index >= 15 is 0 Å². The highest BCUT2D eigenvalue weighted by Gasteiger charge is 2.38. The van der Waals surface area contributed by atoms with Gasteiger partial charge in [-0.3, -0.25) is 9.59 Å². The van der Waals surface area contributed by atoms with Gasteiger partial charge >= 0.3 is 0 Å². The van der Waals surface area contributed by atoms with Crippen molar-refractivity contribution < 1.29 is 4.79 Å². The second-order valence-electron chi connectivity index (χ2n) is 6.80. The van der Waals surface area contributed by atoms with Crippen LogP contribution < -0.4 is 10.5 Å². The highest BCUT2D eigenvalue weighted by molar-refractivity contribution is 5.91. The maximum absolute atomic E-state index is 13.2. The van der Waals surface area contributed by atoms with Crippen LogP contribution in [0.15, 0.2) is 41.5 Å². The predicted molar refractivity (Wildman–Crippen MR) is 96.0 cm³/mol. The number of hydrogen-bond acceptors (Lipinski definition) is 4. The van der Waals surface area contributed by atoms with Gasteiger partial charge in [-0.15, -0.1) is 0 Å². The highest BCUT2D eigenvalue weighted by atomic mass is 16.2. The fraction of sp³-hybridized carbons (Fsp3) is 0.421. The van der Waals surface area contributed by atoms with Gasteiger partial charge in [0, 0.05) is 38.4 Å². The molecule has 1 aromatic carbocycles. The number of rotatable bonds is 2. The highest BCUT2D eigenvalue weighted by Crippen LogP contribution is 2.37. The lowest BCUT2D eigenvalue weighted by Crippen LogP contribution is -2.48. The molecule has 1 fully saturated rings. The van der Waals surface area contributed by atoms with E-state index in [4.69, 9.17) is 0 Å².